The van der Waals surface area contributed by atoms with Crippen LogP contribution < -0.4 is 0 Å². The molecule has 0 radical (unpaired) electrons. The summed E-state index contributed by atoms with van der Waals surface area (Å²) in [7, 11) is 0. The summed E-state index contributed by atoms with van der Waals surface area (Å²) in [5.74, 6) is -3.57. The zero-order chi connectivity index (χ0) is 38.8. The molecule has 2 aliphatic heterocycles. The molecule has 2 heterocycles. The molecule has 0 spiro atoms. The maximum Gasteiger partial charge on any atom is 0.411 e. The highest BCUT2D eigenvalue weighted by atomic mass is 19.4. The maximum atomic E-state index is 15.1. The summed E-state index contributed by atoms with van der Waals surface area (Å²) in [5.41, 5.74) is -9.13. The Balaban J connectivity index is 1.53. The second-order valence-corrected chi connectivity index (χ2v) is 13.9. The largest absolute Gasteiger partial charge is 0.411 e. The first kappa shape index (κ1) is 42.0. The van der Waals surface area contributed by atoms with Crippen LogP contribution in [0, 0.1) is 0 Å². The lowest BCUT2D eigenvalue weighted by molar-refractivity contribution is -0.288. The van der Waals surface area contributed by atoms with Gasteiger partial charge in [0.25, 0.3) is 23.6 Å². The third-order valence-corrected chi connectivity index (χ3v) is 10.2. The van der Waals surface area contributed by atoms with E-state index < -0.39 is 63.7 Å². The van der Waals surface area contributed by atoms with Crippen molar-refractivity contribution >= 4 is 23.6 Å². The van der Waals surface area contributed by atoms with Crippen molar-refractivity contribution in [2.45, 2.75) is 121 Å². The van der Waals surface area contributed by atoms with E-state index in [1.54, 1.807) is 0 Å². The minimum atomic E-state index is -6.03. The van der Waals surface area contributed by atoms with Gasteiger partial charge < -0.3 is 10.2 Å². The molecule has 4 amide bonds. The van der Waals surface area contributed by atoms with Crippen LogP contribution in [0.5, 0.6) is 0 Å². The monoisotopic (exact) mass is 754 g/mol. The molecule has 2 aromatic carbocycles. The molecule has 8 nitrogen and oxygen atoms in total. The summed E-state index contributed by atoms with van der Waals surface area (Å²) in [6.45, 7) is 0.194. The number of benzene rings is 2. The molecule has 0 saturated heterocycles. The van der Waals surface area contributed by atoms with E-state index in [9.17, 15) is 19.2 Å². The van der Waals surface area contributed by atoms with Gasteiger partial charge in [-0.1, -0.05) is 89.2 Å². The fourth-order valence-corrected chi connectivity index (χ4v) is 7.32. The molecular weight excluding hydrogens is 706 g/mol. The Morgan fingerprint density at radius 3 is 1.00 bits per heavy atom. The Kier molecular flexibility index (Phi) is 14.7. The summed E-state index contributed by atoms with van der Waals surface area (Å²) < 4.78 is 90.5. The van der Waals surface area contributed by atoms with Gasteiger partial charge in [0.05, 0.1) is 22.3 Å². The van der Waals surface area contributed by atoms with Gasteiger partial charge in [0.2, 0.25) is 5.41 Å². The number of aliphatic hydroxyl groups excluding tert-OH is 2. The predicted octanol–water partition coefficient (Wildman–Crippen LogP) is 8.52. The number of alkyl halides is 6. The second kappa shape index (κ2) is 18.5. The van der Waals surface area contributed by atoms with Crippen LogP contribution in [0.3, 0.4) is 0 Å². The van der Waals surface area contributed by atoms with E-state index in [1.165, 1.54) is 0 Å². The summed E-state index contributed by atoms with van der Waals surface area (Å²) in [6, 6.07) is 3.66. The lowest BCUT2D eigenvalue weighted by Gasteiger charge is -2.38. The number of aliphatic hydroxyl groups is 2. The number of nitrogens with zero attached hydrogens (tertiary/aromatic N) is 2. The topological polar surface area (TPSA) is 115 Å². The average molecular weight is 755 g/mol. The van der Waals surface area contributed by atoms with E-state index in [4.69, 9.17) is 10.2 Å². The van der Waals surface area contributed by atoms with Crippen molar-refractivity contribution in [3.8, 4) is 0 Å². The second-order valence-electron chi connectivity index (χ2n) is 13.9. The molecule has 0 atom stereocenters. The SMILES string of the molecule is O=C1c2ccc(C(c3ccc4c(c3)C(=O)N(CCCCCCCCCCO)C4=O)(C(F)(F)F)C(F)(F)F)cc2C(=O)N1CCCCCCCCCCO. The van der Waals surface area contributed by atoms with Crippen molar-refractivity contribution in [3.05, 3.63) is 69.8 Å². The van der Waals surface area contributed by atoms with Gasteiger partial charge in [-0.25, -0.2) is 0 Å². The molecule has 0 aliphatic carbocycles. The van der Waals surface area contributed by atoms with Crippen LogP contribution in [-0.4, -0.2) is 82.3 Å². The van der Waals surface area contributed by atoms with Crippen molar-refractivity contribution in [2.24, 2.45) is 0 Å². The zero-order valence-electron chi connectivity index (χ0n) is 29.8. The number of imide groups is 2. The Morgan fingerprint density at radius 1 is 0.415 bits per heavy atom. The number of rotatable bonds is 22. The van der Waals surface area contributed by atoms with Crippen molar-refractivity contribution < 1.29 is 55.7 Å². The standard InChI is InChI=1S/C39H48F6N2O6/c40-38(41,42)37(39(43,44)45,27-17-19-29-31(25-27)35(52)46(33(29)50)21-13-9-5-1-3-7-11-15-23-48)28-18-20-30-32(26-28)36(53)47(34(30)51)22-14-10-6-2-4-8-12-16-24-49/h17-20,25-26,48-49H,1-16,21-24H2. The van der Waals surface area contributed by atoms with Crippen molar-refractivity contribution in [3.63, 3.8) is 0 Å². The number of fused-ring (bicyclic) bond motifs is 2. The smallest absolute Gasteiger partial charge is 0.396 e. The van der Waals surface area contributed by atoms with Gasteiger partial charge >= 0.3 is 12.4 Å². The number of carbonyl (C=O) groups is 4. The van der Waals surface area contributed by atoms with Crippen LogP contribution in [0.25, 0.3) is 0 Å². The first-order valence-electron chi connectivity index (χ1n) is 18.6. The van der Waals surface area contributed by atoms with Crippen LogP contribution in [0.1, 0.15) is 155 Å². The number of amides is 4. The molecule has 0 unspecified atom stereocenters. The Morgan fingerprint density at radius 2 is 0.698 bits per heavy atom. The van der Waals surface area contributed by atoms with E-state index in [-0.39, 0.29) is 37.4 Å². The van der Waals surface area contributed by atoms with Crippen LogP contribution in [0.4, 0.5) is 26.3 Å². The molecule has 0 aromatic heterocycles. The molecule has 2 aromatic rings. The molecule has 2 N–H and O–H groups in total. The van der Waals surface area contributed by atoms with Gasteiger partial charge in [-0.2, -0.15) is 26.3 Å². The summed E-state index contributed by atoms with van der Waals surface area (Å²) >= 11 is 0. The van der Waals surface area contributed by atoms with E-state index in [0.717, 1.165) is 99.0 Å². The Labute approximate surface area is 305 Å². The van der Waals surface area contributed by atoms with Gasteiger partial charge in [0, 0.05) is 26.3 Å². The Hall–Kier alpha value is -3.78. The number of carbonyl (C=O) groups excluding carboxylic acids is 4. The van der Waals surface area contributed by atoms with E-state index in [0.29, 0.717) is 49.9 Å². The van der Waals surface area contributed by atoms with Gasteiger partial charge in [0.1, 0.15) is 0 Å². The number of hydrogen-bond acceptors (Lipinski definition) is 6. The lowest BCUT2D eigenvalue weighted by Crippen LogP contribution is -2.55. The highest BCUT2D eigenvalue weighted by molar-refractivity contribution is 6.22. The zero-order valence-corrected chi connectivity index (χ0v) is 29.8. The maximum absolute atomic E-state index is 15.1. The molecule has 2 aliphatic rings. The predicted molar refractivity (Wildman–Crippen MR) is 185 cm³/mol. The van der Waals surface area contributed by atoms with E-state index in [1.807, 2.05) is 0 Å². The highest BCUT2D eigenvalue weighted by Crippen LogP contribution is 2.57. The fraction of sp³-hybridized carbons (Fsp3) is 0.590. The van der Waals surface area contributed by atoms with Crippen molar-refractivity contribution in [1.29, 1.82) is 0 Å². The third kappa shape index (κ3) is 9.13. The minimum absolute atomic E-state index is 0.0429. The molecule has 53 heavy (non-hydrogen) atoms. The molecule has 292 valence electrons. The quantitative estimate of drug-likeness (QED) is 0.0708. The van der Waals surface area contributed by atoms with Gasteiger partial charge in [-0.15, -0.1) is 0 Å². The average Bonchev–Trinajstić information content (AvgIpc) is 3.48. The molecular formula is C39H48F6N2O6. The fourth-order valence-electron chi connectivity index (χ4n) is 7.32. The molecule has 0 saturated carbocycles. The summed E-state index contributed by atoms with van der Waals surface area (Å²) in [4.78, 5) is 54.4. The summed E-state index contributed by atoms with van der Waals surface area (Å²) in [6.07, 6.45) is 0.651. The number of hydrogen-bond donors (Lipinski definition) is 2. The first-order chi connectivity index (χ1) is 25.2. The van der Waals surface area contributed by atoms with Crippen LogP contribution in [0.2, 0.25) is 0 Å². The van der Waals surface area contributed by atoms with E-state index >= 15 is 26.3 Å². The molecule has 0 fully saturated rings. The lowest BCUT2D eigenvalue weighted by atomic mass is 9.71. The van der Waals surface area contributed by atoms with Crippen LogP contribution >= 0.6 is 0 Å². The molecule has 0 bridgehead atoms. The Bertz CT molecular complexity index is 1490. The highest BCUT2D eigenvalue weighted by Gasteiger charge is 2.73. The van der Waals surface area contributed by atoms with Gasteiger partial charge in [-0.3, -0.25) is 29.0 Å². The third-order valence-electron chi connectivity index (χ3n) is 10.2. The van der Waals surface area contributed by atoms with Gasteiger partial charge in [-0.05, 0) is 61.1 Å². The van der Waals surface area contributed by atoms with Crippen molar-refractivity contribution in [2.75, 3.05) is 26.3 Å². The minimum Gasteiger partial charge on any atom is -0.396 e. The normalized spacial score (nSPS) is 14.9. The first-order valence-corrected chi connectivity index (χ1v) is 18.6. The van der Waals surface area contributed by atoms with Gasteiger partial charge in [0.15, 0.2) is 0 Å². The molecule has 14 heteroatoms. The van der Waals surface area contributed by atoms with E-state index in [2.05, 4.69) is 0 Å². The van der Waals surface area contributed by atoms with Crippen LogP contribution in [0.15, 0.2) is 36.4 Å². The summed E-state index contributed by atoms with van der Waals surface area (Å²) in [5, 5.41) is 17.7. The number of halogens is 6. The number of unbranched alkanes of at least 4 members (excludes halogenated alkanes) is 14. The van der Waals surface area contributed by atoms with Crippen LogP contribution in [-0.2, 0) is 5.41 Å². The molecule has 4 rings (SSSR count). The van der Waals surface area contributed by atoms with Crippen molar-refractivity contribution in [1.82, 2.24) is 9.80 Å².